The second kappa shape index (κ2) is 11.1. The highest BCUT2D eigenvalue weighted by Gasteiger charge is 2.23. The Morgan fingerprint density at radius 2 is 1.74 bits per heavy atom. The fraction of sp³-hybridized carbons (Fsp3) is 0.355. The maximum atomic E-state index is 13.4. The minimum atomic E-state index is -0.389. The van der Waals surface area contributed by atoms with E-state index in [1.165, 1.54) is 7.11 Å². The third kappa shape index (κ3) is 5.86. The molecule has 3 aromatic rings. The zero-order chi connectivity index (χ0) is 27.4. The van der Waals surface area contributed by atoms with E-state index in [2.05, 4.69) is 21.7 Å². The number of methoxy groups -OCH3 is 1. The number of nitrogens with zero attached hydrogens (tertiary/aromatic N) is 2. The summed E-state index contributed by atoms with van der Waals surface area (Å²) in [5, 5.41) is 15.7. The van der Waals surface area contributed by atoms with Gasteiger partial charge in [0, 0.05) is 22.9 Å². The van der Waals surface area contributed by atoms with Crippen molar-refractivity contribution in [1.82, 2.24) is 10.3 Å². The largest absolute Gasteiger partial charge is 0.495 e. The molecule has 1 fully saturated rings. The molecule has 4 rings (SSSR count). The summed E-state index contributed by atoms with van der Waals surface area (Å²) in [6, 6.07) is 15.2. The van der Waals surface area contributed by atoms with E-state index in [0.29, 0.717) is 16.8 Å². The highest BCUT2D eigenvalue weighted by Crippen LogP contribution is 2.32. The van der Waals surface area contributed by atoms with E-state index in [0.717, 1.165) is 48.1 Å². The first-order valence-corrected chi connectivity index (χ1v) is 12.9. The first kappa shape index (κ1) is 26.9. The molecule has 0 bridgehead atoms. The second-order valence-electron chi connectivity index (χ2n) is 10.8. The standard InChI is InChI=1S/C31H34N4O3/c1-19-26(20-10-12-21(13-11-20)29(36)34-24-8-6-7-9-24)16-25(18-33-19)35-30(37)27-15-23(31(2,3)4)14-22(17-32)28(27)38-5/h10-16,18,24H,6-9H2,1-5H3,(H,34,36)(H,35,37). The fourth-order valence-electron chi connectivity index (χ4n) is 4.77. The summed E-state index contributed by atoms with van der Waals surface area (Å²) < 4.78 is 5.45. The lowest BCUT2D eigenvalue weighted by atomic mass is 9.84. The molecule has 0 unspecified atom stereocenters. The van der Waals surface area contributed by atoms with Gasteiger partial charge in [0.1, 0.15) is 11.8 Å². The lowest BCUT2D eigenvalue weighted by molar-refractivity contribution is 0.0937. The first-order chi connectivity index (χ1) is 18.1. The van der Waals surface area contributed by atoms with Crippen LogP contribution in [0, 0.1) is 18.3 Å². The number of benzene rings is 2. The third-order valence-corrected chi connectivity index (χ3v) is 7.02. The Hall–Kier alpha value is -4.18. The molecule has 0 radical (unpaired) electrons. The average Bonchev–Trinajstić information content (AvgIpc) is 3.41. The number of carbonyl (C=O) groups is 2. The summed E-state index contributed by atoms with van der Waals surface area (Å²) in [4.78, 5) is 30.5. The molecule has 0 aliphatic heterocycles. The summed E-state index contributed by atoms with van der Waals surface area (Å²) in [6.07, 6.45) is 6.01. The Morgan fingerprint density at radius 3 is 2.34 bits per heavy atom. The van der Waals surface area contributed by atoms with Crippen LogP contribution in [0.4, 0.5) is 5.69 Å². The first-order valence-electron chi connectivity index (χ1n) is 12.9. The van der Waals surface area contributed by atoms with Crippen LogP contribution in [-0.2, 0) is 5.41 Å². The van der Waals surface area contributed by atoms with E-state index in [-0.39, 0.29) is 34.6 Å². The number of hydrogen-bond acceptors (Lipinski definition) is 5. The van der Waals surface area contributed by atoms with Crippen molar-refractivity contribution in [2.24, 2.45) is 0 Å². The average molecular weight is 511 g/mol. The Balaban J connectivity index is 1.58. The van der Waals surface area contributed by atoms with E-state index < -0.39 is 0 Å². The molecule has 0 atom stereocenters. The number of anilines is 1. The summed E-state index contributed by atoms with van der Waals surface area (Å²) in [7, 11) is 1.45. The second-order valence-corrected chi connectivity index (χ2v) is 10.8. The summed E-state index contributed by atoms with van der Waals surface area (Å²) in [5.41, 5.74) is 4.87. The molecule has 2 N–H and O–H groups in total. The van der Waals surface area contributed by atoms with Gasteiger partial charge in [-0.25, -0.2) is 0 Å². The topological polar surface area (TPSA) is 104 Å². The van der Waals surface area contributed by atoms with Gasteiger partial charge in [-0.2, -0.15) is 5.26 Å². The van der Waals surface area contributed by atoms with Crippen molar-refractivity contribution in [3.8, 4) is 22.9 Å². The number of amides is 2. The van der Waals surface area contributed by atoms with Gasteiger partial charge in [-0.3, -0.25) is 14.6 Å². The Kier molecular flexibility index (Phi) is 7.82. The zero-order valence-electron chi connectivity index (χ0n) is 22.6. The zero-order valence-corrected chi connectivity index (χ0v) is 22.6. The number of pyridine rings is 1. The molecule has 0 spiro atoms. The fourth-order valence-corrected chi connectivity index (χ4v) is 4.77. The van der Waals surface area contributed by atoms with Crippen molar-refractivity contribution in [3.05, 3.63) is 76.6 Å². The molecule has 2 amide bonds. The van der Waals surface area contributed by atoms with Gasteiger partial charge in [-0.15, -0.1) is 0 Å². The number of hydrogen-bond donors (Lipinski definition) is 2. The summed E-state index contributed by atoms with van der Waals surface area (Å²) in [5.74, 6) is -0.202. The normalized spacial score (nSPS) is 13.6. The van der Waals surface area contributed by atoms with Gasteiger partial charge < -0.3 is 15.4 Å². The maximum Gasteiger partial charge on any atom is 0.259 e. The summed E-state index contributed by atoms with van der Waals surface area (Å²) in [6.45, 7) is 7.98. The van der Waals surface area contributed by atoms with E-state index in [9.17, 15) is 14.9 Å². The Bertz CT molecular complexity index is 1390. The molecule has 7 nitrogen and oxygen atoms in total. The molecule has 7 heteroatoms. The van der Waals surface area contributed by atoms with Crippen LogP contribution >= 0.6 is 0 Å². The predicted octanol–water partition coefficient (Wildman–Crippen LogP) is 6.16. The minimum absolute atomic E-state index is 0.0533. The predicted molar refractivity (Wildman–Crippen MR) is 148 cm³/mol. The summed E-state index contributed by atoms with van der Waals surface area (Å²) >= 11 is 0. The lowest BCUT2D eigenvalue weighted by Gasteiger charge is -2.22. The third-order valence-electron chi connectivity index (χ3n) is 7.02. The van der Waals surface area contributed by atoms with Gasteiger partial charge in [0.2, 0.25) is 0 Å². The molecule has 1 aromatic heterocycles. The number of carbonyl (C=O) groups excluding carboxylic acids is 2. The number of aryl methyl sites for hydroxylation is 1. The molecule has 1 heterocycles. The Morgan fingerprint density at radius 1 is 1.05 bits per heavy atom. The van der Waals surface area contributed by atoms with Crippen molar-refractivity contribution >= 4 is 17.5 Å². The number of ether oxygens (including phenoxy) is 1. The van der Waals surface area contributed by atoms with Crippen LogP contribution in [0.5, 0.6) is 5.75 Å². The molecule has 0 saturated heterocycles. The van der Waals surface area contributed by atoms with E-state index in [1.54, 1.807) is 18.3 Å². The molecule has 1 saturated carbocycles. The molecular formula is C31H34N4O3. The van der Waals surface area contributed by atoms with Crippen LogP contribution in [0.1, 0.15) is 84.0 Å². The van der Waals surface area contributed by atoms with Crippen LogP contribution in [0.25, 0.3) is 11.1 Å². The monoisotopic (exact) mass is 510 g/mol. The quantitative estimate of drug-likeness (QED) is 0.413. The molecule has 1 aliphatic carbocycles. The van der Waals surface area contributed by atoms with Crippen molar-refractivity contribution in [3.63, 3.8) is 0 Å². The van der Waals surface area contributed by atoms with Gasteiger partial charge in [-0.1, -0.05) is 45.7 Å². The van der Waals surface area contributed by atoms with Gasteiger partial charge in [0.15, 0.2) is 0 Å². The van der Waals surface area contributed by atoms with Crippen LogP contribution in [0.2, 0.25) is 0 Å². The molecule has 38 heavy (non-hydrogen) atoms. The SMILES string of the molecule is COc1c(C#N)cc(C(C)(C)C)cc1C(=O)Nc1cnc(C)c(-c2ccc(C(=O)NC3CCCC3)cc2)c1. The van der Waals surface area contributed by atoms with Crippen LogP contribution in [-0.4, -0.2) is 29.9 Å². The van der Waals surface area contributed by atoms with Crippen molar-refractivity contribution < 1.29 is 14.3 Å². The minimum Gasteiger partial charge on any atom is -0.495 e. The highest BCUT2D eigenvalue weighted by atomic mass is 16.5. The smallest absolute Gasteiger partial charge is 0.259 e. The number of aromatic nitrogens is 1. The van der Waals surface area contributed by atoms with Crippen molar-refractivity contribution in [2.75, 3.05) is 12.4 Å². The van der Waals surface area contributed by atoms with E-state index >= 15 is 0 Å². The van der Waals surface area contributed by atoms with Gasteiger partial charge >= 0.3 is 0 Å². The number of nitrogens with one attached hydrogen (secondary N) is 2. The van der Waals surface area contributed by atoms with Crippen LogP contribution < -0.4 is 15.4 Å². The van der Waals surface area contributed by atoms with Gasteiger partial charge in [0.05, 0.1) is 30.1 Å². The van der Waals surface area contributed by atoms with Gasteiger partial charge in [-0.05, 0) is 66.6 Å². The van der Waals surface area contributed by atoms with Crippen molar-refractivity contribution in [2.45, 2.75) is 64.8 Å². The van der Waals surface area contributed by atoms with Crippen LogP contribution in [0.15, 0.2) is 48.7 Å². The van der Waals surface area contributed by atoms with E-state index in [1.807, 2.05) is 58.0 Å². The van der Waals surface area contributed by atoms with Crippen molar-refractivity contribution in [1.29, 1.82) is 5.26 Å². The maximum absolute atomic E-state index is 13.4. The van der Waals surface area contributed by atoms with Gasteiger partial charge in [0.25, 0.3) is 11.8 Å². The molecule has 196 valence electrons. The van der Waals surface area contributed by atoms with E-state index in [4.69, 9.17) is 4.74 Å². The molecular weight excluding hydrogens is 476 g/mol. The number of nitriles is 1. The lowest BCUT2D eigenvalue weighted by Crippen LogP contribution is -2.32. The Labute approximate surface area is 224 Å². The molecule has 1 aliphatic rings. The number of rotatable bonds is 6. The van der Waals surface area contributed by atoms with Crippen LogP contribution in [0.3, 0.4) is 0 Å². The highest BCUT2D eigenvalue weighted by molar-refractivity contribution is 6.07. The molecule has 2 aromatic carbocycles.